The Hall–Kier alpha value is -0.160. The normalized spacial score (nSPS) is 31.0. The molecule has 0 saturated carbocycles. The molecule has 1 heterocycles. The van der Waals surface area contributed by atoms with Crippen molar-refractivity contribution in [2.75, 3.05) is 47.0 Å². The van der Waals surface area contributed by atoms with Gasteiger partial charge in [0.1, 0.15) is 0 Å². The van der Waals surface area contributed by atoms with E-state index in [1.807, 2.05) is 14.1 Å². The van der Waals surface area contributed by atoms with Gasteiger partial charge in [0.2, 0.25) is 0 Å². The van der Waals surface area contributed by atoms with Gasteiger partial charge in [-0.2, -0.15) is 0 Å². The summed E-state index contributed by atoms with van der Waals surface area (Å²) in [4.78, 5) is 2.05. The van der Waals surface area contributed by atoms with Gasteiger partial charge in [0.05, 0.1) is 25.4 Å². The third-order valence-electron chi connectivity index (χ3n) is 2.05. The van der Waals surface area contributed by atoms with E-state index in [0.29, 0.717) is 6.61 Å². The van der Waals surface area contributed by atoms with Gasteiger partial charge in [-0.1, -0.05) is 0 Å². The van der Waals surface area contributed by atoms with Crippen LogP contribution in [0.25, 0.3) is 0 Å². The summed E-state index contributed by atoms with van der Waals surface area (Å²) in [5.74, 6) is 0. The predicted octanol–water partition coefficient (Wildman–Crippen LogP) is -1.10. The molecular formula is C8H18N2O2. The molecule has 1 fully saturated rings. The number of morpholine rings is 1. The van der Waals surface area contributed by atoms with Crippen molar-refractivity contribution in [2.24, 2.45) is 0 Å². The molecule has 0 bridgehead atoms. The van der Waals surface area contributed by atoms with Crippen LogP contribution in [-0.2, 0) is 4.74 Å². The number of nitrogens with zero attached hydrogens (tertiary/aromatic N) is 1. The predicted molar refractivity (Wildman–Crippen MR) is 47.2 cm³/mol. The summed E-state index contributed by atoms with van der Waals surface area (Å²) >= 11 is 0. The highest BCUT2D eigenvalue weighted by Gasteiger charge is 2.32. The first-order valence-electron chi connectivity index (χ1n) is 4.27. The Kier molecular flexibility index (Phi) is 3.46. The lowest BCUT2D eigenvalue weighted by Crippen LogP contribution is -2.61. The second-order valence-electron chi connectivity index (χ2n) is 3.66. The molecule has 1 unspecified atom stereocenters. The minimum Gasteiger partial charge on any atom is -0.394 e. The van der Waals surface area contributed by atoms with Gasteiger partial charge >= 0.3 is 0 Å². The van der Waals surface area contributed by atoms with Crippen LogP contribution >= 0.6 is 0 Å². The highest BCUT2D eigenvalue weighted by atomic mass is 16.5. The molecule has 1 atom stereocenters. The lowest BCUT2D eigenvalue weighted by Gasteiger charge is -2.38. The summed E-state index contributed by atoms with van der Waals surface area (Å²) in [5, 5.41) is 12.5. The van der Waals surface area contributed by atoms with Gasteiger partial charge in [-0.05, 0) is 14.1 Å². The molecular weight excluding hydrogens is 156 g/mol. The minimum absolute atomic E-state index is 0.130. The second-order valence-corrected chi connectivity index (χ2v) is 3.66. The average molecular weight is 174 g/mol. The maximum atomic E-state index is 9.22. The zero-order valence-corrected chi connectivity index (χ0v) is 7.84. The molecule has 0 aromatic rings. The first-order chi connectivity index (χ1) is 5.68. The lowest BCUT2D eigenvalue weighted by molar-refractivity contribution is -0.0118. The van der Waals surface area contributed by atoms with E-state index in [1.165, 1.54) is 0 Å². The van der Waals surface area contributed by atoms with Crippen LogP contribution in [0.15, 0.2) is 0 Å². The van der Waals surface area contributed by atoms with Crippen molar-refractivity contribution in [1.29, 1.82) is 0 Å². The topological polar surface area (TPSA) is 44.7 Å². The molecule has 0 amide bonds. The van der Waals surface area contributed by atoms with Gasteiger partial charge in [0.25, 0.3) is 0 Å². The summed E-state index contributed by atoms with van der Waals surface area (Å²) in [7, 11) is 3.99. The summed E-state index contributed by atoms with van der Waals surface area (Å²) < 4.78 is 5.33. The van der Waals surface area contributed by atoms with Crippen molar-refractivity contribution >= 4 is 0 Å². The van der Waals surface area contributed by atoms with Crippen LogP contribution in [0.1, 0.15) is 0 Å². The average Bonchev–Trinajstić information content (AvgIpc) is 2.05. The SMILES string of the molecule is CN(C)CC1(CO)COCCN1. The number of aliphatic hydroxyl groups is 1. The number of ether oxygens (including phenoxy) is 1. The van der Waals surface area contributed by atoms with Gasteiger partial charge in [-0.3, -0.25) is 0 Å². The fourth-order valence-electron chi connectivity index (χ4n) is 1.57. The van der Waals surface area contributed by atoms with Crippen molar-refractivity contribution in [2.45, 2.75) is 5.54 Å². The molecule has 4 heteroatoms. The first kappa shape index (κ1) is 9.92. The molecule has 0 aliphatic carbocycles. The molecule has 2 N–H and O–H groups in total. The molecule has 1 rings (SSSR count). The molecule has 0 radical (unpaired) electrons. The fraction of sp³-hybridized carbons (Fsp3) is 1.00. The van der Waals surface area contributed by atoms with Gasteiger partial charge in [-0.15, -0.1) is 0 Å². The molecule has 0 aromatic carbocycles. The monoisotopic (exact) mass is 174 g/mol. The lowest BCUT2D eigenvalue weighted by atomic mass is 10.0. The van der Waals surface area contributed by atoms with E-state index < -0.39 is 0 Å². The van der Waals surface area contributed by atoms with Crippen molar-refractivity contribution in [3.05, 3.63) is 0 Å². The molecule has 1 aliphatic rings. The zero-order valence-electron chi connectivity index (χ0n) is 7.84. The number of aliphatic hydroxyl groups excluding tert-OH is 1. The maximum absolute atomic E-state index is 9.22. The fourth-order valence-corrected chi connectivity index (χ4v) is 1.57. The van der Waals surface area contributed by atoms with E-state index in [2.05, 4.69) is 10.2 Å². The Labute approximate surface area is 73.5 Å². The van der Waals surface area contributed by atoms with E-state index in [9.17, 15) is 5.11 Å². The Morgan fingerprint density at radius 1 is 1.58 bits per heavy atom. The summed E-state index contributed by atoms with van der Waals surface area (Å²) in [6, 6.07) is 0. The summed E-state index contributed by atoms with van der Waals surface area (Å²) in [6.45, 7) is 3.11. The Balaban J connectivity index is 2.48. The van der Waals surface area contributed by atoms with Crippen LogP contribution in [-0.4, -0.2) is 62.6 Å². The van der Waals surface area contributed by atoms with E-state index >= 15 is 0 Å². The highest BCUT2D eigenvalue weighted by molar-refractivity contribution is 4.91. The van der Waals surface area contributed by atoms with Crippen LogP contribution in [0, 0.1) is 0 Å². The second kappa shape index (κ2) is 4.18. The molecule has 0 spiro atoms. The third-order valence-corrected chi connectivity index (χ3v) is 2.05. The summed E-state index contributed by atoms with van der Waals surface area (Å²) in [6.07, 6.45) is 0. The minimum atomic E-state index is -0.248. The van der Waals surface area contributed by atoms with Crippen LogP contribution in [0.2, 0.25) is 0 Å². The zero-order chi connectivity index (χ0) is 9.03. The van der Waals surface area contributed by atoms with E-state index in [0.717, 1.165) is 19.7 Å². The van der Waals surface area contributed by atoms with Crippen molar-refractivity contribution in [3.8, 4) is 0 Å². The molecule has 1 saturated heterocycles. The van der Waals surface area contributed by atoms with E-state index in [-0.39, 0.29) is 12.1 Å². The highest BCUT2D eigenvalue weighted by Crippen LogP contribution is 2.09. The van der Waals surface area contributed by atoms with Gasteiger partial charge in [-0.25, -0.2) is 0 Å². The van der Waals surface area contributed by atoms with Crippen molar-refractivity contribution in [1.82, 2.24) is 10.2 Å². The van der Waals surface area contributed by atoms with Crippen LogP contribution in [0.4, 0.5) is 0 Å². The van der Waals surface area contributed by atoms with Crippen LogP contribution in [0.5, 0.6) is 0 Å². The van der Waals surface area contributed by atoms with Crippen molar-refractivity contribution in [3.63, 3.8) is 0 Å². The molecule has 4 nitrogen and oxygen atoms in total. The smallest absolute Gasteiger partial charge is 0.0779 e. The number of nitrogens with one attached hydrogen (secondary N) is 1. The Morgan fingerprint density at radius 3 is 2.75 bits per heavy atom. The van der Waals surface area contributed by atoms with Gasteiger partial charge in [0.15, 0.2) is 0 Å². The van der Waals surface area contributed by atoms with Gasteiger partial charge in [0, 0.05) is 13.1 Å². The Morgan fingerprint density at radius 2 is 2.33 bits per heavy atom. The number of likely N-dealkylation sites (N-methyl/N-ethyl adjacent to an activating group) is 1. The van der Waals surface area contributed by atoms with Crippen LogP contribution < -0.4 is 5.32 Å². The molecule has 1 aliphatic heterocycles. The maximum Gasteiger partial charge on any atom is 0.0779 e. The van der Waals surface area contributed by atoms with E-state index in [1.54, 1.807) is 0 Å². The quantitative estimate of drug-likeness (QED) is 0.570. The van der Waals surface area contributed by atoms with Crippen LogP contribution in [0.3, 0.4) is 0 Å². The summed E-state index contributed by atoms with van der Waals surface area (Å²) in [5.41, 5.74) is -0.248. The molecule has 72 valence electrons. The van der Waals surface area contributed by atoms with E-state index in [4.69, 9.17) is 4.74 Å². The van der Waals surface area contributed by atoms with Crippen molar-refractivity contribution < 1.29 is 9.84 Å². The first-order valence-corrected chi connectivity index (χ1v) is 4.27. The van der Waals surface area contributed by atoms with Gasteiger partial charge < -0.3 is 20.1 Å². The third kappa shape index (κ3) is 2.42. The Bertz CT molecular complexity index is 133. The largest absolute Gasteiger partial charge is 0.394 e. The molecule has 12 heavy (non-hydrogen) atoms. The number of hydrogen-bond donors (Lipinski definition) is 2. The number of hydrogen-bond acceptors (Lipinski definition) is 4. The standard InChI is InChI=1S/C8H18N2O2/c1-10(2)5-8(6-11)7-12-4-3-9-8/h9,11H,3-7H2,1-2H3. The molecule has 0 aromatic heterocycles. The number of rotatable bonds is 3.